The molecule has 0 aromatic rings. The highest BCUT2D eigenvalue weighted by molar-refractivity contribution is 5.68. The summed E-state index contributed by atoms with van der Waals surface area (Å²) >= 11 is 0. The first kappa shape index (κ1) is 29.3. The van der Waals surface area contributed by atoms with E-state index in [9.17, 15) is 14.4 Å². The van der Waals surface area contributed by atoms with Gasteiger partial charge in [0.2, 0.25) is 0 Å². The fraction of sp³-hybridized carbons (Fsp3) is 0.781. The smallest absolute Gasteiger partial charge is 0.303 e. The van der Waals surface area contributed by atoms with Crippen LogP contribution in [0.5, 0.6) is 0 Å². The lowest BCUT2D eigenvalue weighted by atomic mass is 9.47. The van der Waals surface area contributed by atoms with Gasteiger partial charge in [-0.25, -0.2) is 0 Å². The zero-order valence-electron chi connectivity index (χ0n) is 24.7. The van der Waals surface area contributed by atoms with E-state index in [1.165, 1.54) is 52.0 Å². The lowest BCUT2D eigenvalue weighted by molar-refractivity contribution is -0.292. The zero-order chi connectivity index (χ0) is 28.8. The first-order valence-corrected chi connectivity index (χ1v) is 15.1. The maximum absolute atomic E-state index is 12.0. The molecule has 4 fully saturated rings. The Labute approximate surface area is 238 Å². The van der Waals surface area contributed by atoms with Crippen molar-refractivity contribution in [1.29, 1.82) is 0 Å². The molecule has 1 saturated heterocycles. The van der Waals surface area contributed by atoms with Crippen LogP contribution in [0.15, 0.2) is 24.3 Å². The van der Waals surface area contributed by atoms with Crippen LogP contribution in [0.2, 0.25) is 0 Å². The molecule has 11 atom stereocenters. The monoisotopic (exact) mass is 558 g/mol. The third-order valence-electron chi connectivity index (χ3n) is 11.0. The summed E-state index contributed by atoms with van der Waals surface area (Å²) < 4.78 is 28.8. The van der Waals surface area contributed by atoms with Crippen LogP contribution in [0.25, 0.3) is 0 Å². The van der Waals surface area contributed by atoms with Gasteiger partial charge in [0.1, 0.15) is 0 Å². The number of fused-ring (bicyclic) bond motifs is 5. The number of allylic oxidation sites excluding steroid dienone is 2. The van der Waals surface area contributed by atoms with Gasteiger partial charge in [0.15, 0.2) is 24.6 Å². The van der Waals surface area contributed by atoms with E-state index in [1.807, 2.05) is 0 Å². The van der Waals surface area contributed by atoms with E-state index in [2.05, 4.69) is 32.6 Å². The van der Waals surface area contributed by atoms with Gasteiger partial charge < -0.3 is 23.7 Å². The van der Waals surface area contributed by atoms with E-state index >= 15 is 0 Å². The Hall–Kier alpha value is -2.19. The van der Waals surface area contributed by atoms with Crippen molar-refractivity contribution in [2.24, 2.45) is 34.5 Å². The Morgan fingerprint density at radius 2 is 1.62 bits per heavy atom. The van der Waals surface area contributed by atoms with E-state index < -0.39 is 42.5 Å². The molecule has 1 heterocycles. The minimum atomic E-state index is -1.05. The molecule has 0 aromatic carbocycles. The third-order valence-corrected chi connectivity index (χ3v) is 11.0. The molecule has 0 spiro atoms. The highest BCUT2D eigenvalue weighted by Crippen LogP contribution is 2.66. The molecule has 1 aliphatic heterocycles. The van der Waals surface area contributed by atoms with E-state index in [0.717, 1.165) is 37.5 Å². The molecule has 5 rings (SSSR count). The number of carbonyl (C=O) groups is 3. The molecule has 0 bridgehead atoms. The molecule has 8 heteroatoms. The van der Waals surface area contributed by atoms with Crippen LogP contribution in [0.3, 0.4) is 0 Å². The Kier molecular flexibility index (Phi) is 8.23. The minimum absolute atomic E-state index is 0.0251. The van der Waals surface area contributed by atoms with E-state index in [4.69, 9.17) is 23.7 Å². The second-order valence-electron chi connectivity index (χ2n) is 13.2. The van der Waals surface area contributed by atoms with Gasteiger partial charge >= 0.3 is 17.9 Å². The van der Waals surface area contributed by atoms with Crippen LogP contribution in [0.1, 0.15) is 86.0 Å². The molecule has 5 aliphatic rings. The second-order valence-corrected chi connectivity index (χ2v) is 13.2. The van der Waals surface area contributed by atoms with Gasteiger partial charge in [-0.2, -0.15) is 0 Å². The van der Waals surface area contributed by atoms with Gasteiger partial charge in [-0.15, -0.1) is 6.58 Å². The predicted molar refractivity (Wildman–Crippen MR) is 147 cm³/mol. The Balaban J connectivity index is 1.31. The normalized spacial score (nSPS) is 44.2. The summed E-state index contributed by atoms with van der Waals surface area (Å²) in [4.78, 5) is 35.6. The second kappa shape index (κ2) is 11.2. The van der Waals surface area contributed by atoms with E-state index in [1.54, 1.807) is 0 Å². The minimum Gasteiger partial charge on any atom is -0.456 e. The standard InChI is InChI=1S/C32H46O8/c1-7-21-9-11-25-24-10-8-22-16-23(12-14-32(22,6)26(24)13-15-31(21,25)5)40-30-29(39-20(4)35)28(38-19(3)34)27(17-36-30)37-18(2)33/h7-8,21,23-30H,1,9-17H2,2-6H3/t21-,23-,24-,25-,26-,27+,28-,29+,30-,31+,32-/m0/s1. The van der Waals surface area contributed by atoms with Crippen molar-refractivity contribution in [3.8, 4) is 0 Å². The SMILES string of the molecule is C=C[C@H]1CC[C@H]2[C@@H]3CC=C4C[C@@H](O[C@@H]5OC[C@@H](OC(C)=O)[C@H](OC(C)=O)[C@H]5OC(C)=O)CC[C@]4(C)[C@H]3CC[C@]12C. The average Bonchev–Trinajstić information content (AvgIpc) is 3.23. The number of esters is 3. The summed E-state index contributed by atoms with van der Waals surface area (Å²) in [5.41, 5.74) is 2.03. The lowest BCUT2D eigenvalue weighted by Gasteiger charge is -2.58. The summed E-state index contributed by atoms with van der Waals surface area (Å²) in [5.74, 6) is 1.15. The Morgan fingerprint density at radius 1 is 0.925 bits per heavy atom. The van der Waals surface area contributed by atoms with Crippen molar-refractivity contribution in [3.05, 3.63) is 24.3 Å². The maximum Gasteiger partial charge on any atom is 0.303 e. The van der Waals surface area contributed by atoms with Crippen molar-refractivity contribution in [2.45, 2.75) is 117 Å². The first-order valence-electron chi connectivity index (χ1n) is 15.1. The molecule has 0 radical (unpaired) electrons. The lowest BCUT2D eigenvalue weighted by Crippen LogP contribution is -2.59. The van der Waals surface area contributed by atoms with Gasteiger partial charge in [-0.3, -0.25) is 14.4 Å². The molecule has 0 unspecified atom stereocenters. The van der Waals surface area contributed by atoms with Gasteiger partial charge in [0, 0.05) is 20.8 Å². The molecule has 3 saturated carbocycles. The summed E-state index contributed by atoms with van der Waals surface area (Å²) in [6, 6.07) is 0. The number of rotatable bonds is 6. The molecular formula is C32H46O8. The Bertz CT molecular complexity index is 1050. The fourth-order valence-electron chi connectivity index (χ4n) is 9.19. The van der Waals surface area contributed by atoms with Gasteiger partial charge in [0.25, 0.3) is 0 Å². The van der Waals surface area contributed by atoms with Gasteiger partial charge in [-0.1, -0.05) is 31.6 Å². The van der Waals surface area contributed by atoms with Gasteiger partial charge in [0.05, 0.1) is 12.7 Å². The summed E-state index contributed by atoms with van der Waals surface area (Å²) in [5, 5.41) is 0. The number of hydrogen-bond donors (Lipinski definition) is 0. The first-order chi connectivity index (χ1) is 19.0. The number of ether oxygens (including phenoxy) is 5. The van der Waals surface area contributed by atoms with Crippen molar-refractivity contribution < 1.29 is 38.1 Å². The van der Waals surface area contributed by atoms with Crippen LogP contribution in [0, 0.1) is 34.5 Å². The molecule has 8 nitrogen and oxygen atoms in total. The predicted octanol–water partition coefficient (Wildman–Crippen LogP) is 5.29. The van der Waals surface area contributed by atoms with Crippen molar-refractivity contribution >= 4 is 17.9 Å². The maximum atomic E-state index is 12.0. The molecule has 222 valence electrons. The van der Waals surface area contributed by atoms with E-state index in [-0.39, 0.29) is 18.1 Å². The summed E-state index contributed by atoms with van der Waals surface area (Å²) in [6.45, 7) is 12.9. The largest absolute Gasteiger partial charge is 0.456 e. The molecule has 0 amide bonds. The molecule has 0 N–H and O–H groups in total. The third kappa shape index (κ3) is 5.26. The van der Waals surface area contributed by atoms with E-state index in [0.29, 0.717) is 17.3 Å². The van der Waals surface area contributed by atoms with Crippen LogP contribution >= 0.6 is 0 Å². The average molecular weight is 559 g/mol. The summed E-state index contributed by atoms with van der Waals surface area (Å²) in [6.07, 6.45) is 9.65. The highest BCUT2D eigenvalue weighted by atomic mass is 16.7. The topological polar surface area (TPSA) is 97.4 Å². The Morgan fingerprint density at radius 3 is 2.30 bits per heavy atom. The van der Waals surface area contributed by atoms with Crippen LogP contribution in [-0.2, 0) is 38.1 Å². The van der Waals surface area contributed by atoms with Crippen molar-refractivity contribution in [2.75, 3.05) is 6.61 Å². The summed E-state index contributed by atoms with van der Waals surface area (Å²) in [7, 11) is 0. The van der Waals surface area contributed by atoms with Gasteiger partial charge in [-0.05, 0) is 85.9 Å². The fourth-order valence-corrected chi connectivity index (χ4v) is 9.19. The van der Waals surface area contributed by atoms with Crippen LogP contribution in [0.4, 0.5) is 0 Å². The zero-order valence-corrected chi connectivity index (χ0v) is 24.7. The quantitative estimate of drug-likeness (QED) is 0.247. The molecule has 40 heavy (non-hydrogen) atoms. The number of hydrogen-bond acceptors (Lipinski definition) is 8. The van der Waals surface area contributed by atoms with Crippen LogP contribution in [-0.4, -0.2) is 55.2 Å². The number of carbonyl (C=O) groups excluding carboxylic acids is 3. The highest BCUT2D eigenvalue weighted by Gasteiger charge is 2.58. The van der Waals surface area contributed by atoms with Crippen molar-refractivity contribution in [3.63, 3.8) is 0 Å². The van der Waals surface area contributed by atoms with Crippen LogP contribution < -0.4 is 0 Å². The molecule has 0 aromatic heterocycles. The van der Waals surface area contributed by atoms with Crippen molar-refractivity contribution in [1.82, 2.24) is 0 Å². The molecule has 4 aliphatic carbocycles. The molecular weight excluding hydrogens is 512 g/mol.